The summed E-state index contributed by atoms with van der Waals surface area (Å²) in [6.07, 6.45) is 9.91. The van der Waals surface area contributed by atoms with Gasteiger partial charge < -0.3 is 36.6 Å². The molecule has 0 unspecified atom stereocenters. The third kappa shape index (κ3) is 15.8. The van der Waals surface area contributed by atoms with Gasteiger partial charge in [-0.05, 0) is 95.2 Å². The predicted octanol–water partition coefficient (Wildman–Crippen LogP) is 6.47. The van der Waals surface area contributed by atoms with Crippen LogP contribution in [0.3, 0.4) is 0 Å². The van der Waals surface area contributed by atoms with Crippen LogP contribution < -0.4 is 31.9 Å². The maximum atomic E-state index is 12.4. The molecule has 366 valence electrons. The van der Waals surface area contributed by atoms with Crippen molar-refractivity contribution < 1.29 is 19.2 Å². The minimum atomic E-state index is -0.568. The molecule has 0 amide bonds. The van der Waals surface area contributed by atoms with E-state index in [1.165, 1.54) is 55.5 Å². The Hall–Kier alpha value is -6.08. The number of ether oxygens (including phenoxy) is 1. The number of unbranched alkanes of at least 4 members (excludes halogenated alkanes) is 2. The molecule has 6 N–H and O–H groups in total. The Balaban J connectivity index is 0.000000251. The monoisotopic (exact) mass is 936 g/mol. The summed E-state index contributed by atoms with van der Waals surface area (Å²) in [7, 11) is 3.75. The van der Waals surface area contributed by atoms with E-state index in [-0.39, 0.29) is 54.6 Å². The number of Topliss-reactive ketones (excluding diaryl/α,β-unsaturated/α-hetero) is 1. The molecule has 2 saturated heterocycles. The lowest BCUT2D eigenvalue weighted by atomic mass is 10.1. The van der Waals surface area contributed by atoms with Crippen molar-refractivity contribution in [3.8, 4) is 0 Å². The fourth-order valence-electron chi connectivity index (χ4n) is 8.70. The Morgan fingerprint density at radius 1 is 0.809 bits per heavy atom. The quantitative estimate of drug-likeness (QED) is 0.0218. The summed E-state index contributed by atoms with van der Waals surface area (Å²) in [5, 5.41) is 18.3. The molecule has 0 aliphatic carbocycles. The Morgan fingerprint density at radius 2 is 1.35 bits per heavy atom. The molecule has 3 aliphatic rings. The van der Waals surface area contributed by atoms with Gasteiger partial charge in [0.2, 0.25) is 23.5 Å². The molecule has 0 bridgehead atoms. The van der Waals surface area contributed by atoms with Crippen molar-refractivity contribution in [1.29, 1.82) is 1.34 Å². The fraction of sp³-hybridized carbons (Fsp3) is 0.551. The number of hydrogen-bond acceptors (Lipinski definition) is 17. The third-order valence-electron chi connectivity index (χ3n) is 12.2. The van der Waals surface area contributed by atoms with Gasteiger partial charge in [0.25, 0.3) is 0 Å². The molecule has 0 atom stereocenters. The lowest BCUT2D eigenvalue weighted by Gasteiger charge is -2.25. The first-order chi connectivity index (χ1) is 33.5. The molecule has 0 saturated carbocycles. The Labute approximate surface area is 405 Å². The van der Waals surface area contributed by atoms with Gasteiger partial charge in [-0.25, -0.2) is 0 Å². The number of fused-ring (bicyclic) bond motifs is 1. The van der Waals surface area contributed by atoms with Crippen molar-refractivity contribution in [2.45, 2.75) is 118 Å². The van der Waals surface area contributed by atoms with Crippen LogP contribution in [0.2, 0.25) is 0 Å². The average molecular weight is 936 g/mol. The van der Waals surface area contributed by atoms with Gasteiger partial charge >= 0.3 is 11.7 Å². The van der Waals surface area contributed by atoms with Crippen LogP contribution in [-0.2, 0) is 46.9 Å². The second-order valence-corrected chi connectivity index (χ2v) is 17.6. The molecular weight excluding hydrogens is 861 g/mol. The maximum Gasteiger partial charge on any atom is 0.353 e. The first kappa shape index (κ1) is 51.3. The van der Waals surface area contributed by atoms with E-state index in [0.29, 0.717) is 50.8 Å². The van der Waals surface area contributed by atoms with E-state index in [4.69, 9.17) is 22.5 Å². The number of hydrogen-bond donors (Lipinski definition) is 4. The topological polar surface area (TPSA) is 227 Å². The molecule has 18 nitrogen and oxygen atoms in total. The van der Waals surface area contributed by atoms with E-state index >= 15 is 0 Å². The number of nitrogens with zero attached hydrogens (tertiary/aromatic N) is 9. The van der Waals surface area contributed by atoms with Gasteiger partial charge in [0.15, 0.2) is 0 Å². The minimum Gasteiger partial charge on any atom is -0.466 e. The number of anilines is 6. The highest BCUT2D eigenvalue weighted by molar-refractivity contribution is 5.86. The number of carbonyl (C=O) groups excluding carboxylic acids is 2. The van der Waals surface area contributed by atoms with Crippen molar-refractivity contribution in [3.05, 3.63) is 86.5 Å². The van der Waals surface area contributed by atoms with Crippen LogP contribution in [0, 0.1) is 10.1 Å². The largest absolute Gasteiger partial charge is 0.466 e. The zero-order valence-corrected chi connectivity index (χ0v) is 40.4. The van der Waals surface area contributed by atoms with Gasteiger partial charge in [-0.2, -0.15) is 19.9 Å². The number of esters is 1. The van der Waals surface area contributed by atoms with E-state index in [0.717, 1.165) is 75.4 Å². The molecule has 5 heterocycles. The van der Waals surface area contributed by atoms with Crippen molar-refractivity contribution in [1.82, 2.24) is 29.7 Å². The number of nitrogens with two attached hydrogens (primary N) is 2. The average Bonchev–Trinajstić information content (AvgIpc) is 4.03. The minimum absolute atomic E-state index is 0.0565. The summed E-state index contributed by atoms with van der Waals surface area (Å²) in [5.74, 6) is 1.66. The lowest BCUT2D eigenvalue weighted by Crippen LogP contribution is -2.29. The van der Waals surface area contributed by atoms with Gasteiger partial charge in [0.1, 0.15) is 17.4 Å². The molecule has 68 heavy (non-hydrogen) atoms. The van der Waals surface area contributed by atoms with Gasteiger partial charge in [-0.1, -0.05) is 75.2 Å². The summed E-state index contributed by atoms with van der Waals surface area (Å²) in [4.78, 5) is 62.5. The molecule has 2 aromatic heterocycles. The van der Waals surface area contributed by atoms with E-state index in [1.807, 2.05) is 12.1 Å². The number of nitrogens with one attached hydrogen (secondary N) is 2. The van der Waals surface area contributed by atoms with Gasteiger partial charge in [-0.3, -0.25) is 29.5 Å². The second kappa shape index (κ2) is 27.1. The molecule has 3 aliphatic heterocycles. The number of nitro groups is 1. The zero-order chi connectivity index (χ0) is 49.5. The molecule has 2 radical (unpaired) electrons. The van der Waals surface area contributed by atoms with Crippen LogP contribution in [0.1, 0.15) is 113 Å². The van der Waals surface area contributed by atoms with E-state index < -0.39 is 4.92 Å². The summed E-state index contributed by atoms with van der Waals surface area (Å²) >= 11 is 0. The molecule has 4 aromatic rings. The first-order valence-corrected chi connectivity index (χ1v) is 24.3. The number of benzene rings is 2. The molecule has 7 rings (SSSR count). The number of likely N-dealkylation sites (tertiary alicyclic amines) is 2. The maximum absolute atomic E-state index is 12.4. The predicted molar refractivity (Wildman–Crippen MR) is 272 cm³/mol. The van der Waals surface area contributed by atoms with Crippen LogP contribution in [0.15, 0.2) is 48.5 Å². The Kier molecular flexibility index (Phi) is 20.4. The fourth-order valence-corrected chi connectivity index (χ4v) is 8.70. The molecule has 0 spiro atoms. The van der Waals surface area contributed by atoms with E-state index in [9.17, 15) is 19.7 Å². The smallest absolute Gasteiger partial charge is 0.353 e. The van der Waals surface area contributed by atoms with Gasteiger partial charge in [0, 0.05) is 79.1 Å². The third-order valence-corrected chi connectivity index (χ3v) is 12.2. The highest BCUT2D eigenvalue weighted by atomic mass is 16.6. The first-order valence-electron chi connectivity index (χ1n) is 24.8. The summed E-state index contributed by atoms with van der Waals surface area (Å²) in [6, 6.07) is 16.9. The van der Waals surface area contributed by atoms with Crippen LogP contribution in [0.4, 0.5) is 40.9 Å². The lowest BCUT2D eigenvalue weighted by molar-refractivity contribution is -0.383. The highest BCUT2D eigenvalue weighted by Gasteiger charge is 2.29. The summed E-state index contributed by atoms with van der Waals surface area (Å²) in [6.45, 7) is 15.9. The van der Waals surface area contributed by atoms with Crippen LogP contribution in [0.25, 0.3) is 0 Å². The van der Waals surface area contributed by atoms with E-state index in [2.05, 4.69) is 98.9 Å². The number of carbonyl (C=O) groups is 2. The number of rotatable bonds is 22. The summed E-state index contributed by atoms with van der Waals surface area (Å²) in [5.41, 5.74) is 17.4. The van der Waals surface area contributed by atoms with Crippen molar-refractivity contribution >= 4 is 61.0 Å². The Bertz CT molecular complexity index is 2260. The van der Waals surface area contributed by atoms with Crippen molar-refractivity contribution in [2.75, 3.05) is 90.9 Å². The van der Waals surface area contributed by atoms with Crippen LogP contribution in [0.5, 0.6) is 0 Å². The second-order valence-electron chi connectivity index (χ2n) is 17.6. The van der Waals surface area contributed by atoms with Gasteiger partial charge in [0.05, 0.1) is 18.0 Å². The van der Waals surface area contributed by atoms with Crippen LogP contribution in [-0.4, -0.2) is 115 Å². The number of aromatic nitrogens is 4. The van der Waals surface area contributed by atoms with Crippen molar-refractivity contribution in [3.63, 3.8) is 0 Å². The SMILES string of the molecule is CCCCNc1nc(N)c([N+](=O)[O-])c(N(CCC(=O)OCC)Cc2cccc(CN3CCCC3)c2)n1.CCCCNc1nc(N)c2c(n1)N(Cc1cccc(CN3CCCC3)c1)CCC(=O)C2.[3H][B]. The molecule has 19 heteroatoms. The Morgan fingerprint density at radius 3 is 1.93 bits per heavy atom. The highest BCUT2D eigenvalue weighted by Crippen LogP contribution is 2.34. The number of ketones is 1. The molecular formula is C49H72BN13O5. The van der Waals surface area contributed by atoms with Crippen LogP contribution >= 0.6 is 0 Å². The standard InChI is InChI=1S/C25H37N7O4.C24H34N6O.BH/c1-3-5-12-27-25-28-23(26)22(32(34)35)24(29-25)31(15-11-21(33)36-4-2)18-20-10-8-9-19(16-20)17-30-13-6-7-14-30;1-2-3-10-26-24-27-22(25)21-15-20(31)9-13-30(23(21)28-24)17-19-8-6-7-18(14-19)16-29-11-4-5-12-29;/h8-10,16H,3-7,11-15,17-18H2,1-2H3,(H3,26,27,28,29);6-8,14H,2-5,9-13,15-17H2,1H3,(H3,25,26,27,28);1H/i;;1T. The molecule has 2 fully saturated rings. The number of nitrogen functional groups attached to an aromatic ring is 2. The zero-order valence-electron chi connectivity index (χ0n) is 41.4. The molecule has 2 aromatic carbocycles. The summed E-state index contributed by atoms with van der Waals surface area (Å²) < 4.78 is 10.3. The van der Waals surface area contributed by atoms with Gasteiger partial charge in [-0.15, -0.1) is 0 Å². The normalized spacial score (nSPS) is 15.0. The van der Waals surface area contributed by atoms with Crippen molar-refractivity contribution in [2.24, 2.45) is 0 Å². The van der Waals surface area contributed by atoms with E-state index in [1.54, 1.807) is 11.8 Å².